The largest absolute Gasteiger partial charge is 0.445 e. The number of anilines is 1. The molecule has 6 nitrogen and oxygen atoms in total. The van der Waals surface area contributed by atoms with Gasteiger partial charge >= 0.3 is 6.03 Å². The lowest BCUT2D eigenvalue weighted by atomic mass is 10.3. The molecule has 2 amide bonds. The Morgan fingerprint density at radius 3 is 2.82 bits per heavy atom. The minimum absolute atomic E-state index is 0.0991. The molecule has 0 aliphatic rings. The zero-order valence-electron chi connectivity index (χ0n) is 12.0. The summed E-state index contributed by atoms with van der Waals surface area (Å²) in [6, 6.07) is 5.28. The van der Waals surface area contributed by atoms with Crippen molar-refractivity contribution in [2.75, 3.05) is 25.0 Å². The zero-order chi connectivity index (χ0) is 15.9. The summed E-state index contributed by atoms with van der Waals surface area (Å²) in [7, 11) is 0. The van der Waals surface area contributed by atoms with Gasteiger partial charge in [0, 0.05) is 13.1 Å². The number of rotatable bonds is 6. The maximum atomic E-state index is 12.8. The Labute approximate surface area is 131 Å². The average Bonchev–Trinajstić information content (AvgIpc) is 2.94. The van der Waals surface area contributed by atoms with Crippen LogP contribution in [0.5, 0.6) is 10.8 Å². The summed E-state index contributed by atoms with van der Waals surface area (Å²) in [5, 5.41) is 12.4. The first-order valence-electron chi connectivity index (χ1n) is 6.68. The number of hydrogen-bond acceptors (Lipinski definition) is 5. The molecule has 0 unspecified atom stereocenters. The highest BCUT2D eigenvalue weighted by Crippen LogP contribution is 2.30. The topological polar surface area (TPSA) is 74.7 Å². The molecule has 2 N–H and O–H groups in total. The predicted molar refractivity (Wildman–Crippen MR) is 81.9 cm³/mol. The second-order valence-corrected chi connectivity index (χ2v) is 5.27. The molecule has 8 heteroatoms. The Balaban J connectivity index is 1.96. The highest BCUT2D eigenvalue weighted by molar-refractivity contribution is 7.17. The molecule has 1 aromatic carbocycles. The van der Waals surface area contributed by atoms with Gasteiger partial charge in [-0.25, -0.2) is 14.2 Å². The number of aliphatic hydroxyl groups excluding tert-OH is 1. The maximum absolute atomic E-state index is 12.8. The van der Waals surface area contributed by atoms with Crippen LogP contribution in [0, 0.1) is 5.82 Å². The summed E-state index contributed by atoms with van der Waals surface area (Å²) >= 11 is 1.16. The third kappa shape index (κ3) is 4.40. The van der Waals surface area contributed by atoms with Crippen LogP contribution < -0.4 is 10.1 Å². The Morgan fingerprint density at radius 1 is 1.45 bits per heavy atom. The molecule has 0 fully saturated rings. The Bertz CT molecular complexity index is 618. The number of carbonyl (C=O) groups excluding carboxylic acids is 1. The number of amides is 2. The van der Waals surface area contributed by atoms with Crippen LogP contribution in [0.2, 0.25) is 0 Å². The van der Waals surface area contributed by atoms with Gasteiger partial charge in [-0.05, 0) is 31.2 Å². The summed E-state index contributed by atoms with van der Waals surface area (Å²) in [5.41, 5.74) is 0. The average molecular weight is 325 g/mol. The number of aromatic nitrogens is 1. The van der Waals surface area contributed by atoms with Crippen molar-refractivity contribution in [3.05, 3.63) is 36.3 Å². The van der Waals surface area contributed by atoms with Crippen LogP contribution in [0.25, 0.3) is 0 Å². The molecular weight excluding hydrogens is 309 g/mol. The van der Waals surface area contributed by atoms with E-state index in [9.17, 15) is 9.18 Å². The van der Waals surface area contributed by atoms with Gasteiger partial charge in [-0.15, -0.1) is 0 Å². The van der Waals surface area contributed by atoms with Crippen LogP contribution in [-0.4, -0.2) is 40.7 Å². The molecular formula is C14H16FN3O3S. The second kappa shape index (κ2) is 7.71. The molecule has 2 rings (SSSR count). The SMILES string of the molecule is CCN(CCO)C(=O)Nc1ncc(Oc2ccc(F)cc2)s1. The smallest absolute Gasteiger partial charge is 0.323 e. The number of ether oxygens (including phenoxy) is 1. The number of nitrogens with zero attached hydrogens (tertiary/aromatic N) is 2. The van der Waals surface area contributed by atoms with Gasteiger partial charge in [0.05, 0.1) is 12.8 Å². The molecule has 2 aromatic rings. The molecule has 0 atom stereocenters. The number of carbonyl (C=O) groups is 1. The third-order valence-corrected chi connectivity index (χ3v) is 3.56. The van der Waals surface area contributed by atoms with Crippen molar-refractivity contribution >= 4 is 22.5 Å². The lowest BCUT2D eigenvalue weighted by molar-refractivity contribution is 0.192. The normalized spacial score (nSPS) is 10.3. The summed E-state index contributed by atoms with van der Waals surface area (Å²) < 4.78 is 18.3. The minimum Gasteiger partial charge on any atom is -0.445 e. The molecule has 0 aliphatic heterocycles. The van der Waals surface area contributed by atoms with Gasteiger partial charge < -0.3 is 14.7 Å². The molecule has 0 aliphatic carbocycles. The summed E-state index contributed by atoms with van der Waals surface area (Å²) in [6.45, 7) is 2.46. The monoisotopic (exact) mass is 325 g/mol. The minimum atomic E-state index is -0.340. The van der Waals surface area contributed by atoms with Gasteiger partial charge in [-0.2, -0.15) is 0 Å². The number of urea groups is 1. The molecule has 22 heavy (non-hydrogen) atoms. The van der Waals surface area contributed by atoms with E-state index in [1.165, 1.54) is 35.4 Å². The van der Waals surface area contributed by atoms with E-state index in [4.69, 9.17) is 9.84 Å². The number of benzene rings is 1. The molecule has 0 saturated carbocycles. The van der Waals surface area contributed by atoms with Crippen molar-refractivity contribution in [1.82, 2.24) is 9.88 Å². The predicted octanol–water partition coefficient (Wildman–Crippen LogP) is 2.92. The first-order chi connectivity index (χ1) is 10.6. The van der Waals surface area contributed by atoms with Gasteiger partial charge in [0.2, 0.25) is 5.06 Å². The van der Waals surface area contributed by atoms with E-state index >= 15 is 0 Å². The fraction of sp³-hybridized carbons (Fsp3) is 0.286. The lowest BCUT2D eigenvalue weighted by Crippen LogP contribution is -2.36. The number of nitrogens with one attached hydrogen (secondary N) is 1. The van der Waals surface area contributed by atoms with E-state index < -0.39 is 0 Å². The van der Waals surface area contributed by atoms with Crippen molar-refractivity contribution in [1.29, 1.82) is 0 Å². The third-order valence-electron chi connectivity index (χ3n) is 2.77. The zero-order valence-corrected chi connectivity index (χ0v) is 12.8. The highest BCUT2D eigenvalue weighted by atomic mass is 32.1. The number of hydrogen-bond donors (Lipinski definition) is 2. The van der Waals surface area contributed by atoms with Crippen LogP contribution in [0.1, 0.15) is 6.92 Å². The van der Waals surface area contributed by atoms with E-state index in [1.54, 1.807) is 0 Å². The molecule has 0 spiro atoms. The maximum Gasteiger partial charge on any atom is 0.323 e. The van der Waals surface area contributed by atoms with Crippen LogP contribution in [0.4, 0.5) is 14.3 Å². The van der Waals surface area contributed by atoms with Crippen molar-refractivity contribution in [3.63, 3.8) is 0 Å². The van der Waals surface area contributed by atoms with Crippen molar-refractivity contribution in [3.8, 4) is 10.8 Å². The fourth-order valence-electron chi connectivity index (χ4n) is 1.68. The van der Waals surface area contributed by atoms with Crippen LogP contribution in [-0.2, 0) is 0 Å². The van der Waals surface area contributed by atoms with E-state index in [2.05, 4.69) is 10.3 Å². The highest BCUT2D eigenvalue weighted by Gasteiger charge is 2.13. The molecule has 0 radical (unpaired) electrons. The quantitative estimate of drug-likeness (QED) is 0.856. The lowest BCUT2D eigenvalue weighted by Gasteiger charge is -2.18. The van der Waals surface area contributed by atoms with E-state index in [0.29, 0.717) is 22.5 Å². The standard InChI is InChI=1S/C14H16FN3O3S/c1-2-18(7-8-19)14(20)17-13-16-9-12(22-13)21-11-5-3-10(15)4-6-11/h3-6,9,19H,2,7-8H2,1H3,(H,16,17,20). The molecule has 1 aromatic heterocycles. The molecule has 1 heterocycles. The van der Waals surface area contributed by atoms with Crippen molar-refractivity contribution < 1.29 is 19.0 Å². The van der Waals surface area contributed by atoms with E-state index in [-0.39, 0.29) is 25.0 Å². The molecule has 118 valence electrons. The fourth-order valence-corrected chi connectivity index (χ4v) is 2.36. The van der Waals surface area contributed by atoms with E-state index in [1.807, 2.05) is 6.92 Å². The summed E-state index contributed by atoms with van der Waals surface area (Å²) in [6.07, 6.45) is 1.48. The number of likely N-dealkylation sites (N-methyl/N-ethyl adjacent to an activating group) is 1. The van der Waals surface area contributed by atoms with Gasteiger partial charge in [-0.1, -0.05) is 11.3 Å². The van der Waals surface area contributed by atoms with Crippen LogP contribution in [0.15, 0.2) is 30.5 Å². The van der Waals surface area contributed by atoms with Crippen molar-refractivity contribution in [2.24, 2.45) is 0 Å². The van der Waals surface area contributed by atoms with Gasteiger partial charge in [-0.3, -0.25) is 5.32 Å². The van der Waals surface area contributed by atoms with Crippen molar-refractivity contribution in [2.45, 2.75) is 6.92 Å². The Hall–Kier alpha value is -2.19. The number of halogens is 1. The number of aliphatic hydroxyl groups is 1. The van der Waals surface area contributed by atoms with Crippen LogP contribution in [0.3, 0.4) is 0 Å². The van der Waals surface area contributed by atoms with Crippen LogP contribution >= 0.6 is 11.3 Å². The Kier molecular flexibility index (Phi) is 5.68. The molecule has 0 bridgehead atoms. The second-order valence-electron chi connectivity index (χ2n) is 4.27. The molecule has 0 saturated heterocycles. The Morgan fingerprint density at radius 2 is 2.18 bits per heavy atom. The number of thiazole rings is 1. The first-order valence-corrected chi connectivity index (χ1v) is 7.50. The van der Waals surface area contributed by atoms with Gasteiger partial charge in [0.1, 0.15) is 11.6 Å². The summed E-state index contributed by atoms with van der Waals surface area (Å²) in [4.78, 5) is 17.4. The van der Waals surface area contributed by atoms with E-state index in [0.717, 1.165) is 11.3 Å². The van der Waals surface area contributed by atoms with Gasteiger partial charge in [0.25, 0.3) is 0 Å². The first kappa shape index (κ1) is 16.2. The summed E-state index contributed by atoms with van der Waals surface area (Å²) in [5.74, 6) is 0.145. The van der Waals surface area contributed by atoms with Gasteiger partial charge in [0.15, 0.2) is 5.13 Å².